The summed E-state index contributed by atoms with van der Waals surface area (Å²) < 4.78 is 31.0. The number of sulfone groups is 1. The quantitative estimate of drug-likeness (QED) is 0.240. The van der Waals surface area contributed by atoms with Crippen molar-refractivity contribution in [1.29, 1.82) is 0 Å². The highest BCUT2D eigenvalue weighted by Crippen LogP contribution is 2.26. The van der Waals surface area contributed by atoms with E-state index in [4.69, 9.17) is 4.42 Å². The number of anilines is 1. The summed E-state index contributed by atoms with van der Waals surface area (Å²) in [6.07, 6.45) is 1.16. The molecule has 1 heterocycles. The van der Waals surface area contributed by atoms with Crippen LogP contribution < -0.4 is 11.1 Å². The van der Waals surface area contributed by atoms with Crippen LogP contribution in [0.15, 0.2) is 96.9 Å². The maximum absolute atomic E-state index is 12.9. The summed E-state index contributed by atoms with van der Waals surface area (Å²) in [5, 5.41) is 14.7. The molecule has 0 saturated heterocycles. The first-order valence-corrected chi connectivity index (χ1v) is 11.7. The summed E-state index contributed by atoms with van der Waals surface area (Å²) in [6, 6.07) is 19.6. The van der Waals surface area contributed by atoms with E-state index in [1.165, 1.54) is 12.1 Å². The molecule has 4 rings (SSSR count). The Bertz CT molecular complexity index is 1490. The van der Waals surface area contributed by atoms with Crippen LogP contribution in [0.4, 0.5) is 5.69 Å². The van der Waals surface area contributed by atoms with Gasteiger partial charge in [0.05, 0.1) is 27.1 Å². The average molecular weight is 463 g/mol. The van der Waals surface area contributed by atoms with Crippen molar-refractivity contribution in [3.63, 3.8) is 0 Å². The number of hydrazone groups is 1. The van der Waals surface area contributed by atoms with E-state index in [0.29, 0.717) is 17.0 Å². The van der Waals surface area contributed by atoms with Crippen LogP contribution in [0, 0.1) is 0 Å². The number of fused-ring (bicyclic) bond motifs is 1. The van der Waals surface area contributed by atoms with Crippen molar-refractivity contribution in [2.24, 2.45) is 5.10 Å². The number of benzene rings is 3. The molecule has 1 aromatic heterocycles. The Morgan fingerprint density at radius 2 is 1.55 bits per heavy atom. The minimum Gasteiger partial charge on any atom is -0.506 e. The number of hydrogen-bond acceptors (Lipinski definition) is 7. The minimum absolute atomic E-state index is 0.0924. The van der Waals surface area contributed by atoms with Gasteiger partial charge >= 0.3 is 5.63 Å². The molecule has 0 aliphatic rings. The molecule has 0 atom stereocenters. The first kappa shape index (κ1) is 22.3. The minimum atomic E-state index is -3.65. The molecule has 4 aromatic rings. The lowest BCUT2D eigenvalue weighted by Crippen LogP contribution is -2.08. The predicted molar refractivity (Wildman–Crippen MR) is 128 cm³/mol. The second-order valence-corrected chi connectivity index (χ2v) is 9.72. The van der Waals surface area contributed by atoms with Gasteiger partial charge in [-0.15, -0.1) is 0 Å². The molecule has 0 spiro atoms. The molecule has 0 radical (unpaired) electrons. The highest BCUT2D eigenvalue weighted by atomic mass is 32.2. The Balaban J connectivity index is 1.52. The van der Waals surface area contributed by atoms with E-state index in [1.807, 2.05) is 26.0 Å². The van der Waals surface area contributed by atoms with Gasteiger partial charge in [-0.25, -0.2) is 13.2 Å². The zero-order valence-electron chi connectivity index (χ0n) is 18.0. The molecule has 2 N–H and O–H groups in total. The topological polar surface area (TPSA) is 109 Å². The van der Waals surface area contributed by atoms with Crippen LogP contribution in [0.25, 0.3) is 11.0 Å². The molecule has 168 valence electrons. The van der Waals surface area contributed by atoms with Gasteiger partial charge in [0, 0.05) is 0 Å². The van der Waals surface area contributed by atoms with Crippen LogP contribution in [0.5, 0.6) is 5.75 Å². The fourth-order valence-corrected chi connectivity index (χ4v) is 4.57. The van der Waals surface area contributed by atoms with Gasteiger partial charge in [0.1, 0.15) is 16.9 Å². The number of para-hydroxylation sites is 1. The smallest absolute Gasteiger partial charge is 0.349 e. The fourth-order valence-electron chi connectivity index (χ4n) is 3.31. The monoisotopic (exact) mass is 462 g/mol. The van der Waals surface area contributed by atoms with Crippen molar-refractivity contribution in [1.82, 2.24) is 0 Å². The van der Waals surface area contributed by atoms with Gasteiger partial charge in [0.25, 0.3) is 0 Å². The van der Waals surface area contributed by atoms with Gasteiger partial charge in [-0.2, -0.15) is 5.10 Å². The van der Waals surface area contributed by atoms with Crippen LogP contribution in [0.1, 0.15) is 30.9 Å². The standard InChI is InChI=1S/C25H22N2O5S/c1-16(2)17-7-11-19(12-8-17)33(30,31)20-13-9-18(10-14-20)27-26-15-22-24(28)21-5-3-4-6-23(21)32-25(22)29/h3-16,27-28H,1-2H3. The van der Waals surface area contributed by atoms with Crippen molar-refractivity contribution in [2.45, 2.75) is 29.6 Å². The highest BCUT2D eigenvalue weighted by molar-refractivity contribution is 7.91. The number of aromatic hydroxyl groups is 1. The van der Waals surface area contributed by atoms with Gasteiger partial charge < -0.3 is 9.52 Å². The van der Waals surface area contributed by atoms with Crippen molar-refractivity contribution < 1.29 is 17.9 Å². The van der Waals surface area contributed by atoms with E-state index >= 15 is 0 Å². The maximum Gasteiger partial charge on any atom is 0.349 e. The average Bonchev–Trinajstić information content (AvgIpc) is 2.81. The van der Waals surface area contributed by atoms with Crippen LogP contribution in [0.3, 0.4) is 0 Å². The summed E-state index contributed by atoms with van der Waals surface area (Å²) in [6.45, 7) is 4.09. The first-order chi connectivity index (χ1) is 15.8. The van der Waals surface area contributed by atoms with Crippen LogP contribution in [-0.4, -0.2) is 19.7 Å². The van der Waals surface area contributed by atoms with Crippen LogP contribution >= 0.6 is 0 Å². The van der Waals surface area contributed by atoms with Crippen molar-refractivity contribution >= 4 is 32.7 Å². The Labute approximate surface area is 190 Å². The summed E-state index contributed by atoms with van der Waals surface area (Å²) in [4.78, 5) is 12.5. The maximum atomic E-state index is 12.9. The van der Waals surface area contributed by atoms with E-state index < -0.39 is 15.5 Å². The van der Waals surface area contributed by atoms with E-state index in [0.717, 1.165) is 11.8 Å². The van der Waals surface area contributed by atoms with Gasteiger partial charge in [-0.05, 0) is 60.0 Å². The number of nitrogens with zero attached hydrogens (tertiary/aromatic N) is 1. The molecule has 0 bridgehead atoms. The van der Waals surface area contributed by atoms with E-state index in [-0.39, 0.29) is 26.7 Å². The Kier molecular flexibility index (Phi) is 6.02. The molecule has 0 aliphatic carbocycles. The number of hydrogen-bond donors (Lipinski definition) is 2. The summed E-state index contributed by atoms with van der Waals surface area (Å²) in [5.74, 6) is 0.0906. The molecule has 0 amide bonds. The zero-order chi connectivity index (χ0) is 23.6. The molecular weight excluding hydrogens is 440 g/mol. The SMILES string of the molecule is CC(C)c1ccc(S(=O)(=O)c2ccc(NN=Cc3c(O)c4ccccc4oc3=O)cc2)cc1. The first-order valence-electron chi connectivity index (χ1n) is 10.3. The normalized spacial score (nSPS) is 12.0. The molecule has 0 unspecified atom stereocenters. The lowest BCUT2D eigenvalue weighted by Gasteiger charge is -2.09. The summed E-state index contributed by atoms with van der Waals surface area (Å²) in [7, 11) is -3.65. The molecule has 8 heteroatoms. The summed E-state index contributed by atoms with van der Waals surface area (Å²) >= 11 is 0. The van der Waals surface area contributed by atoms with E-state index in [1.54, 1.807) is 48.5 Å². The van der Waals surface area contributed by atoms with Gasteiger partial charge in [-0.1, -0.05) is 38.1 Å². The van der Waals surface area contributed by atoms with Gasteiger partial charge in [0.2, 0.25) is 9.84 Å². The Morgan fingerprint density at radius 1 is 0.939 bits per heavy atom. The third-order valence-electron chi connectivity index (χ3n) is 5.23. The second kappa shape index (κ2) is 8.91. The van der Waals surface area contributed by atoms with Crippen molar-refractivity contribution in [3.8, 4) is 5.75 Å². The zero-order valence-corrected chi connectivity index (χ0v) is 18.8. The number of rotatable bonds is 6. The Hall–Kier alpha value is -3.91. The van der Waals surface area contributed by atoms with E-state index in [2.05, 4.69) is 10.5 Å². The molecular formula is C25H22N2O5S. The van der Waals surface area contributed by atoms with Crippen molar-refractivity contribution in [3.05, 3.63) is 94.3 Å². The summed E-state index contributed by atoms with van der Waals surface area (Å²) in [5.41, 5.74) is 3.75. The molecule has 0 fully saturated rings. The van der Waals surface area contributed by atoms with Crippen molar-refractivity contribution in [2.75, 3.05) is 5.43 Å². The predicted octanol–water partition coefficient (Wildman–Crippen LogP) is 4.90. The highest BCUT2D eigenvalue weighted by Gasteiger charge is 2.17. The molecule has 3 aromatic carbocycles. The lowest BCUT2D eigenvalue weighted by molar-refractivity contribution is 0.466. The van der Waals surface area contributed by atoms with Gasteiger partial charge in [-0.3, -0.25) is 5.43 Å². The van der Waals surface area contributed by atoms with Crippen LogP contribution in [0.2, 0.25) is 0 Å². The second-order valence-electron chi connectivity index (χ2n) is 7.77. The van der Waals surface area contributed by atoms with Gasteiger partial charge in [0.15, 0.2) is 0 Å². The molecule has 33 heavy (non-hydrogen) atoms. The fraction of sp³-hybridized carbons (Fsp3) is 0.120. The Morgan fingerprint density at radius 3 is 2.18 bits per heavy atom. The number of nitrogens with one attached hydrogen (secondary N) is 1. The largest absolute Gasteiger partial charge is 0.506 e. The lowest BCUT2D eigenvalue weighted by atomic mass is 10.0. The molecule has 0 saturated carbocycles. The molecule has 0 aliphatic heterocycles. The van der Waals surface area contributed by atoms with Crippen LogP contribution in [-0.2, 0) is 9.84 Å². The molecule has 7 nitrogen and oxygen atoms in total. The third kappa shape index (κ3) is 4.51. The third-order valence-corrected chi connectivity index (χ3v) is 7.01. The van der Waals surface area contributed by atoms with E-state index in [9.17, 15) is 18.3 Å².